The smallest absolute Gasteiger partial charge is 0.419 e. The fourth-order valence-electron chi connectivity index (χ4n) is 4.23. The summed E-state index contributed by atoms with van der Waals surface area (Å²) in [6, 6.07) is -0.478. The fourth-order valence-corrected chi connectivity index (χ4v) is 4.23. The molecule has 3 amide bonds. The maximum Gasteiger partial charge on any atom is 0.419 e. The molecule has 2 fully saturated rings. The lowest BCUT2D eigenvalue weighted by molar-refractivity contribution is -0.141. The van der Waals surface area contributed by atoms with E-state index in [1.165, 1.54) is 0 Å². The molecule has 0 bridgehead atoms. The van der Waals surface area contributed by atoms with Crippen LogP contribution in [0.3, 0.4) is 0 Å². The molecule has 0 radical (unpaired) electrons. The number of piperidine rings is 1. The zero-order valence-corrected chi connectivity index (χ0v) is 24.4. The van der Waals surface area contributed by atoms with E-state index >= 15 is 0 Å². The van der Waals surface area contributed by atoms with Crippen LogP contribution in [0.5, 0.6) is 0 Å². The van der Waals surface area contributed by atoms with Crippen LogP contribution in [0.1, 0.15) is 66.9 Å². The molecule has 1 aromatic heterocycles. The molecule has 1 aromatic rings. The number of primary amides is 1. The van der Waals surface area contributed by atoms with E-state index in [0.29, 0.717) is 38.3 Å². The summed E-state index contributed by atoms with van der Waals surface area (Å²) in [6.45, 7) is 14.3. The number of alkyl carbamates (subject to hydrolysis) is 1. The minimum atomic E-state index is -4.55. The van der Waals surface area contributed by atoms with Gasteiger partial charge >= 0.3 is 12.3 Å². The van der Waals surface area contributed by atoms with Gasteiger partial charge in [-0.25, -0.2) is 14.8 Å². The van der Waals surface area contributed by atoms with E-state index in [0.717, 1.165) is 0 Å². The van der Waals surface area contributed by atoms with Crippen molar-refractivity contribution in [2.45, 2.75) is 85.2 Å². The molecule has 228 valence electrons. The van der Waals surface area contributed by atoms with Crippen molar-refractivity contribution in [3.63, 3.8) is 0 Å². The number of carbonyl (C=O) groups excluding carboxylic acids is 3. The first kappa shape index (κ1) is 34.9. The lowest BCUT2D eigenvalue weighted by Gasteiger charge is -2.41. The lowest BCUT2D eigenvalue weighted by atomic mass is 9.90. The van der Waals surface area contributed by atoms with Crippen LogP contribution in [0.4, 0.5) is 23.9 Å². The number of rotatable bonds is 7. The summed E-state index contributed by atoms with van der Waals surface area (Å²) in [5.74, 6) is -1.61. The number of alkyl halides is 3. The Hall–Kier alpha value is -3.16. The van der Waals surface area contributed by atoms with Crippen LogP contribution < -0.4 is 16.0 Å². The van der Waals surface area contributed by atoms with Gasteiger partial charge in [-0.15, -0.1) is 0 Å². The zero-order valence-electron chi connectivity index (χ0n) is 24.4. The summed E-state index contributed by atoms with van der Waals surface area (Å²) >= 11 is 0. The van der Waals surface area contributed by atoms with Gasteiger partial charge in [-0.05, 0) is 27.2 Å². The number of anilines is 1. The maximum absolute atomic E-state index is 13.0. The Morgan fingerprint density at radius 1 is 1.07 bits per heavy atom. The molecule has 2 saturated heterocycles. The first-order valence-corrected chi connectivity index (χ1v) is 13.6. The number of aromatic nitrogens is 2. The van der Waals surface area contributed by atoms with Gasteiger partial charge in [-0.1, -0.05) is 27.7 Å². The number of halogens is 3. The van der Waals surface area contributed by atoms with Crippen molar-refractivity contribution in [1.82, 2.24) is 20.2 Å². The topological polar surface area (TPSA) is 140 Å². The van der Waals surface area contributed by atoms with E-state index in [-0.39, 0.29) is 31.6 Å². The molecule has 3 unspecified atom stereocenters. The number of hydrogen-bond acceptors (Lipinski definition) is 8. The number of nitrogens with zero attached hydrogens (tertiary/aromatic N) is 4. The van der Waals surface area contributed by atoms with E-state index in [1.54, 1.807) is 30.6 Å². The summed E-state index contributed by atoms with van der Waals surface area (Å²) in [6.07, 6.45) is -3.69. The van der Waals surface area contributed by atoms with Crippen molar-refractivity contribution in [3.05, 3.63) is 18.0 Å². The predicted octanol–water partition coefficient (Wildman–Crippen LogP) is 3.37. The molecular weight excluding hydrogens is 533 g/mol. The Kier molecular flexibility index (Phi) is 13.6. The molecular formula is C26H43F3N6O5. The number of carbonyl (C=O) groups is 3. The van der Waals surface area contributed by atoms with Crippen LogP contribution >= 0.6 is 0 Å². The van der Waals surface area contributed by atoms with E-state index in [9.17, 15) is 27.6 Å². The van der Waals surface area contributed by atoms with Gasteiger partial charge in [-0.3, -0.25) is 9.59 Å². The molecule has 11 nitrogen and oxygen atoms in total. The van der Waals surface area contributed by atoms with E-state index < -0.39 is 47.4 Å². The predicted molar refractivity (Wildman–Crippen MR) is 143 cm³/mol. The average Bonchev–Trinajstić information content (AvgIpc) is 3.27. The third kappa shape index (κ3) is 10.1. The second-order valence-corrected chi connectivity index (χ2v) is 9.69. The van der Waals surface area contributed by atoms with Crippen LogP contribution in [0.15, 0.2) is 12.4 Å². The molecule has 0 aromatic carbocycles. The minimum Gasteiger partial charge on any atom is -0.444 e. The van der Waals surface area contributed by atoms with Crippen LogP contribution in [0.2, 0.25) is 0 Å². The Morgan fingerprint density at radius 2 is 1.68 bits per heavy atom. The number of ether oxygens (including phenoxy) is 2. The van der Waals surface area contributed by atoms with Crippen molar-refractivity contribution in [2.75, 3.05) is 37.7 Å². The largest absolute Gasteiger partial charge is 0.444 e. The fraction of sp³-hybridized carbons (Fsp3) is 0.731. The van der Waals surface area contributed by atoms with Gasteiger partial charge in [0.1, 0.15) is 11.7 Å². The molecule has 14 heteroatoms. The molecule has 2 aliphatic heterocycles. The van der Waals surface area contributed by atoms with Crippen molar-refractivity contribution in [1.29, 1.82) is 0 Å². The van der Waals surface area contributed by atoms with E-state index in [1.807, 2.05) is 27.7 Å². The maximum atomic E-state index is 13.0. The summed E-state index contributed by atoms with van der Waals surface area (Å²) in [7, 11) is 0. The second-order valence-electron chi connectivity index (χ2n) is 9.69. The summed E-state index contributed by atoms with van der Waals surface area (Å²) in [5, 5.41) is 2.55. The monoisotopic (exact) mass is 576 g/mol. The van der Waals surface area contributed by atoms with Crippen LogP contribution in [0, 0.1) is 5.92 Å². The lowest BCUT2D eigenvalue weighted by Crippen LogP contribution is -2.56. The van der Waals surface area contributed by atoms with Crippen molar-refractivity contribution < 1.29 is 37.0 Å². The van der Waals surface area contributed by atoms with Gasteiger partial charge in [0.05, 0.1) is 18.1 Å². The number of amides is 3. The van der Waals surface area contributed by atoms with Gasteiger partial charge in [0.25, 0.3) is 5.91 Å². The molecule has 0 spiro atoms. The highest BCUT2D eigenvalue weighted by Gasteiger charge is 2.44. The number of nitrogens with one attached hydrogen (secondary N) is 1. The summed E-state index contributed by atoms with van der Waals surface area (Å²) in [4.78, 5) is 47.6. The second kappa shape index (κ2) is 15.6. The van der Waals surface area contributed by atoms with Crippen molar-refractivity contribution in [2.24, 2.45) is 11.7 Å². The molecule has 40 heavy (non-hydrogen) atoms. The van der Waals surface area contributed by atoms with Crippen molar-refractivity contribution >= 4 is 23.9 Å². The van der Waals surface area contributed by atoms with Gasteiger partial charge < -0.3 is 30.3 Å². The standard InChI is InChI=1S/C22H31F3N6O5.2C2H6/c1-21(2,3)36-20(34)27-6-9-35-16-5-8-31(18(16)33)15-4-7-30(12-14(15)17(26)32)19-28-10-13(11-29-19)22(23,24)25;2*1-2/h10-11,14-16H,4-9,12H2,1-3H3,(H2,26,32)(H,27,34);2*1-2H3. The first-order valence-electron chi connectivity index (χ1n) is 13.6. The van der Waals surface area contributed by atoms with Crippen molar-refractivity contribution in [3.8, 4) is 0 Å². The summed E-state index contributed by atoms with van der Waals surface area (Å²) in [5.41, 5.74) is 4.02. The third-order valence-electron chi connectivity index (χ3n) is 5.87. The van der Waals surface area contributed by atoms with E-state index in [2.05, 4.69) is 15.3 Å². The highest BCUT2D eigenvalue weighted by molar-refractivity contribution is 5.85. The number of likely N-dealkylation sites (tertiary alicyclic amines) is 1. The van der Waals surface area contributed by atoms with Crippen LogP contribution in [-0.4, -0.2) is 83.3 Å². The van der Waals surface area contributed by atoms with E-state index in [4.69, 9.17) is 15.2 Å². The molecule has 3 heterocycles. The summed E-state index contributed by atoms with van der Waals surface area (Å²) < 4.78 is 49.1. The molecule has 3 atom stereocenters. The molecule has 0 saturated carbocycles. The molecule has 3 N–H and O–H groups in total. The van der Waals surface area contributed by atoms with Crippen LogP contribution in [-0.2, 0) is 25.2 Å². The quantitative estimate of drug-likeness (QED) is 0.471. The Balaban J connectivity index is 0.00000191. The van der Waals surface area contributed by atoms with Gasteiger partial charge in [0, 0.05) is 51.0 Å². The van der Waals surface area contributed by atoms with Gasteiger partial charge in [0.2, 0.25) is 11.9 Å². The Labute approximate surface area is 234 Å². The zero-order chi connectivity index (χ0) is 30.7. The normalized spacial score (nSPS) is 21.1. The first-order chi connectivity index (χ1) is 18.8. The molecule has 0 aliphatic carbocycles. The molecule has 2 aliphatic rings. The average molecular weight is 577 g/mol. The number of nitrogens with two attached hydrogens (primary N) is 1. The molecule has 3 rings (SSSR count). The minimum absolute atomic E-state index is 0.0548. The highest BCUT2D eigenvalue weighted by Crippen LogP contribution is 2.31. The third-order valence-corrected chi connectivity index (χ3v) is 5.87. The van der Waals surface area contributed by atoms with Gasteiger partial charge in [-0.2, -0.15) is 13.2 Å². The van der Waals surface area contributed by atoms with Gasteiger partial charge in [0.15, 0.2) is 0 Å². The Bertz CT molecular complexity index is 956. The Morgan fingerprint density at radius 3 is 2.20 bits per heavy atom. The van der Waals surface area contributed by atoms with Crippen LogP contribution in [0.25, 0.3) is 0 Å². The highest BCUT2D eigenvalue weighted by atomic mass is 19.4. The number of hydrogen-bond donors (Lipinski definition) is 2. The SMILES string of the molecule is CC.CC.CC(C)(C)OC(=O)NCCOC1CCN(C2CCN(c3ncc(C(F)(F)F)cn3)CC2C(N)=O)C1=O.